The first kappa shape index (κ1) is 18.9. The molecule has 1 aromatic carbocycles. The first-order valence-corrected chi connectivity index (χ1v) is 9.13. The highest BCUT2D eigenvalue weighted by molar-refractivity contribution is 5.96. The van der Waals surface area contributed by atoms with Crippen molar-refractivity contribution >= 4 is 22.3 Å². The van der Waals surface area contributed by atoms with Crippen LogP contribution in [0.3, 0.4) is 0 Å². The molecule has 0 saturated heterocycles. The molecule has 3 aromatic heterocycles. The van der Waals surface area contributed by atoms with Crippen molar-refractivity contribution in [3.63, 3.8) is 0 Å². The fraction of sp³-hybridized carbons (Fsp3) is 0.250. The van der Waals surface area contributed by atoms with Crippen molar-refractivity contribution in [2.75, 3.05) is 13.2 Å². The van der Waals surface area contributed by atoms with Gasteiger partial charge >= 0.3 is 0 Å². The fourth-order valence-corrected chi connectivity index (χ4v) is 3.08. The van der Waals surface area contributed by atoms with E-state index in [1.54, 1.807) is 35.8 Å². The number of hydrogen-bond acceptors (Lipinski definition) is 7. The maximum absolute atomic E-state index is 14.8. The monoisotopic (exact) mass is 394 g/mol. The van der Waals surface area contributed by atoms with Crippen LogP contribution in [0.5, 0.6) is 0 Å². The number of pyridine rings is 1. The van der Waals surface area contributed by atoms with Crippen LogP contribution in [-0.2, 0) is 4.84 Å². The second-order valence-electron chi connectivity index (χ2n) is 6.57. The molecule has 148 valence electrons. The van der Waals surface area contributed by atoms with Crippen LogP contribution in [0.2, 0.25) is 0 Å². The molecule has 0 aliphatic carbocycles. The SMILES string of the molecule is C/C(=N\OCCO)c1ccc2nnc([C@H](C)c3cc4cccnc4cc3F)n2n1. The summed E-state index contributed by atoms with van der Waals surface area (Å²) in [6.45, 7) is 3.58. The number of nitrogens with zero attached hydrogens (tertiary/aromatic N) is 6. The number of aromatic nitrogens is 5. The molecule has 4 rings (SSSR count). The minimum absolute atomic E-state index is 0.102. The third kappa shape index (κ3) is 3.64. The third-order valence-corrected chi connectivity index (χ3v) is 4.62. The first-order valence-electron chi connectivity index (χ1n) is 9.13. The number of benzene rings is 1. The number of fused-ring (bicyclic) bond motifs is 2. The van der Waals surface area contributed by atoms with Crippen LogP contribution in [0.1, 0.15) is 36.8 Å². The van der Waals surface area contributed by atoms with Crippen molar-refractivity contribution in [1.82, 2.24) is 24.8 Å². The lowest BCUT2D eigenvalue weighted by Crippen LogP contribution is -2.10. The van der Waals surface area contributed by atoms with Crippen molar-refractivity contribution < 1.29 is 14.3 Å². The van der Waals surface area contributed by atoms with Crippen LogP contribution in [0.25, 0.3) is 16.6 Å². The number of aliphatic hydroxyl groups excluding tert-OH is 1. The van der Waals surface area contributed by atoms with Crippen LogP contribution in [0.4, 0.5) is 4.39 Å². The Balaban J connectivity index is 1.75. The Hall–Kier alpha value is -3.46. The summed E-state index contributed by atoms with van der Waals surface area (Å²) in [4.78, 5) is 9.19. The smallest absolute Gasteiger partial charge is 0.177 e. The highest BCUT2D eigenvalue weighted by Gasteiger charge is 2.21. The summed E-state index contributed by atoms with van der Waals surface area (Å²) >= 11 is 0. The van der Waals surface area contributed by atoms with Gasteiger partial charge in [-0.2, -0.15) is 9.61 Å². The van der Waals surface area contributed by atoms with E-state index in [9.17, 15) is 4.39 Å². The summed E-state index contributed by atoms with van der Waals surface area (Å²) in [6, 6.07) is 10.4. The summed E-state index contributed by atoms with van der Waals surface area (Å²) in [5, 5.41) is 26.5. The molecule has 0 aliphatic rings. The van der Waals surface area contributed by atoms with Crippen LogP contribution < -0.4 is 0 Å². The molecular weight excluding hydrogens is 375 g/mol. The van der Waals surface area contributed by atoms with Gasteiger partial charge in [-0.25, -0.2) is 4.39 Å². The number of hydrogen-bond donors (Lipinski definition) is 1. The van der Waals surface area contributed by atoms with Crippen LogP contribution in [-0.4, -0.2) is 48.8 Å². The molecule has 0 radical (unpaired) electrons. The van der Waals surface area contributed by atoms with Gasteiger partial charge in [-0.05, 0) is 36.8 Å². The Morgan fingerprint density at radius 1 is 1.28 bits per heavy atom. The van der Waals surface area contributed by atoms with Gasteiger partial charge in [0.15, 0.2) is 11.5 Å². The van der Waals surface area contributed by atoms with E-state index < -0.39 is 0 Å². The molecule has 1 N–H and O–H groups in total. The molecule has 4 aromatic rings. The summed E-state index contributed by atoms with van der Waals surface area (Å²) in [7, 11) is 0. The summed E-state index contributed by atoms with van der Waals surface area (Å²) in [5.41, 5.74) is 2.73. The quantitative estimate of drug-likeness (QED) is 0.307. The van der Waals surface area contributed by atoms with Crippen molar-refractivity contribution in [2.24, 2.45) is 5.16 Å². The van der Waals surface area contributed by atoms with E-state index in [1.165, 1.54) is 6.07 Å². The Morgan fingerprint density at radius 2 is 2.14 bits per heavy atom. The molecule has 0 amide bonds. The Kier molecular flexibility index (Phi) is 5.13. The van der Waals surface area contributed by atoms with Crippen molar-refractivity contribution in [3.8, 4) is 0 Å². The van der Waals surface area contributed by atoms with E-state index in [0.29, 0.717) is 34.0 Å². The summed E-state index contributed by atoms with van der Waals surface area (Å²) in [6.07, 6.45) is 1.64. The van der Waals surface area contributed by atoms with Gasteiger partial charge in [0, 0.05) is 23.6 Å². The van der Waals surface area contributed by atoms with E-state index in [2.05, 4.69) is 25.4 Å². The number of aliphatic hydroxyl groups is 1. The minimum Gasteiger partial charge on any atom is -0.393 e. The summed E-state index contributed by atoms with van der Waals surface area (Å²) in [5.74, 6) is -0.236. The molecule has 1 atom stereocenters. The second-order valence-corrected chi connectivity index (χ2v) is 6.57. The Labute approximate surface area is 165 Å². The second kappa shape index (κ2) is 7.88. The van der Waals surface area contributed by atoms with Crippen molar-refractivity contribution in [3.05, 3.63) is 65.5 Å². The third-order valence-electron chi connectivity index (χ3n) is 4.62. The molecule has 0 aliphatic heterocycles. The molecule has 0 fully saturated rings. The van der Waals surface area contributed by atoms with Crippen molar-refractivity contribution in [1.29, 1.82) is 0 Å². The average Bonchev–Trinajstić information content (AvgIpc) is 3.16. The maximum atomic E-state index is 14.8. The van der Waals surface area contributed by atoms with Gasteiger partial charge < -0.3 is 9.94 Å². The molecular formula is C20H19FN6O2. The molecule has 9 heteroatoms. The Bertz CT molecular complexity index is 1210. The molecule has 0 unspecified atom stereocenters. The standard InChI is InChI=1S/C20H19FN6O2/c1-12(15-10-14-4-3-7-22-18(14)11-16(15)21)20-24-23-19-6-5-17(25-27(19)20)13(2)26-29-9-8-28/h3-7,10-12,28H,8-9H2,1-2H3/b26-13+/t12-/m1/s1. The van der Waals surface area contributed by atoms with E-state index in [0.717, 1.165) is 5.39 Å². The van der Waals surface area contributed by atoms with Gasteiger partial charge in [0.05, 0.1) is 12.1 Å². The van der Waals surface area contributed by atoms with E-state index >= 15 is 0 Å². The largest absolute Gasteiger partial charge is 0.393 e. The highest BCUT2D eigenvalue weighted by atomic mass is 19.1. The predicted molar refractivity (Wildman–Crippen MR) is 105 cm³/mol. The lowest BCUT2D eigenvalue weighted by Gasteiger charge is -2.12. The van der Waals surface area contributed by atoms with Gasteiger partial charge in [-0.1, -0.05) is 18.1 Å². The zero-order valence-corrected chi connectivity index (χ0v) is 15.9. The van der Waals surface area contributed by atoms with Gasteiger partial charge in [0.2, 0.25) is 0 Å². The zero-order chi connectivity index (χ0) is 20.4. The van der Waals surface area contributed by atoms with Crippen LogP contribution in [0, 0.1) is 5.82 Å². The van der Waals surface area contributed by atoms with Crippen LogP contribution >= 0.6 is 0 Å². The lowest BCUT2D eigenvalue weighted by atomic mass is 9.98. The number of halogens is 1. The highest BCUT2D eigenvalue weighted by Crippen LogP contribution is 2.28. The average molecular weight is 394 g/mol. The number of rotatable bonds is 6. The summed E-state index contributed by atoms with van der Waals surface area (Å²) < 4.78 is 16.3. The van der Waals surface area contributed by atoms with E-state index in [1.807, 2.05) is 19.1 Å². The molecule has 29 heavy (non-hydrogen) atoms. The molecule has 0 spiro atoms. The van der Waals surface area contributed by atoms with E-state index in [4.69, 9.17) is 9.94 Å². The lowest BCUT2D eigenvalue weighted by molar-refractivity contribution is 0.0986. The van der Waals surface area contributed by atoms with Gasteiger partial charge in [-0.3, -0.25) is 4.98 Å². The minimum atomic E-state index is -0.389. The fourth-order valence-electron chi connectivity index (χ4n) is 3.08. The van der Waals surface area contributed by atoms with Gasteiger partial charge in [0.25, 0.3) is 0 Å². The molecule has 0 bridgehead atoms. The van der Waals surface area contributed by atoms with E-state index in [-0.39, 0.29) is 24.9 Å². The normalized spacial score (nSPS) is 13.2. The molecule has 8 nitrogen and oxygen atoms in total. The first-order chi connectivity index (χ1) is 14.1. The predicted octanol–water partition coefficient (Wildman–Crippen LogP) is 2.70. The topological polar surface area (TPSA) is 97.8 Å². The zero-order valence-electron chi connectivity index (χ0n) is 15.9. The maximum Gasteiger partial charge on any atom is 0.177 e. The Morgan fingerprint density at radius 3 is 2.97 bits per heavy atom. The number of oxime groups is 1. The van der Waals surface area contributed by atoms with Crippen molar-refractivity contribution in [2.45, 2.75) is 19.8 Å². The van der Waals surface area contributed by atoms with Gasteiger partial charge in [0.1, 0.15) is 23.8 Å². The van der Waals surface area contributed by atoms with Crippen LogP contribution in [0.15, 0.2) is 47.8 Å². The molecule has 3 heterocycles. The van der Waals surface area contributed by atoms with Gasteiger partial charge in [-0.15, -0.1) is 10.2 Å². The molecule has 0 saturated carbocycles.